The lowest BCUT2D eigenvalue weighted by Crippen LogP contribution is -2.37. The quantitative estimate of drug-likeness (QED) is 0.00875. The molecule has 0 saturated carbocycles. The van der Waals surface area contributed by atoms with Crippen LogP contribution in [-0.4, -0.2) is 156 Å². The molecule has 0 saturated heterocycles. The Bertz CT molecular complexity index is 3590. The van der Waals surface area contributed by atoms with E-state index in [-0.39, 0.29) is 117 Å². The summed E-state index contributed by atoms with van der Waals surface area (Å²) in [6.07, 6.45) is -1.40. The van der Waals surface area contributed by atoms with Gasteiger partial charge in [-0.15, -0.1) is 13.0 Å². The van der Waals surface area contributed by atoms with Gasteiger partial charge in [-0.1, -0.05) is 39.4 Å². The van der Waals surface area contributed by atoms with Crippen LogP contribution in [0.4, 0.5) is 52.5 Å². The van der Waals surface area contributed by atoms with Gasteiger partial charge in [-0.2, -0.15) is 55.2 Å². The molecule has 0 aliphatic rings. The lowest BCUT2D eigenvalue weighted by atomic mass is 10.1. The Balaban J connectivity index is 1.35. The van der Waals surface area contributed by atoms with Gasteiger partial charge in [-0.25, -0.2) is 15.8 Å². The smallest absolute Gasteiger partial charge is 0.296 e. The highest BCUT2D eigenvalue weighted by atomic mass is 32.2. The van der Waals surface area contributed by atoms with E-state index in [1.807, 2.05) is 0 Å². The van der Waals surface area contributed by atoms with Gasteiger partial charge in [0.2, 0.25) is 29.7 Å². The molecule has 15 N–H and O–H groups in total. The van der Waals surface area contributed by atoms with Crippen LogP contribution in [0.15, 0.2) is 102 Å². The van der Waals surface area contributed by atoms with Gasteiger partial charge in [0.05, 0.1) is 81.7 Å². The second-order valence-corrected chi connectivity index (χ2v) is 23.9. The summed E-state index contributed by atoms with van der Waals surface area (Å²) in [6.45, 7) is 4.30. The van der Waals surface area contributed by atoms with Crippen LogP contribution in [0.3, 0.4) is 0 Å². The number of benzene rings is 4. The lowest BCUT2D eigenvalue weighted by Gasteiger charge is -2.26. The first-order chi connectivity index (χ1) is 39.7. The minimum atomic E-state index is -5.04. The van der Waals surface area contributed by atoms with Crippen LogP contribution in [0.1, 0.15) is 37.7 Å². The molecular formula is C44H52N12O22S6. The van der Waals surface area contributed by atoms with E-state index in [0.717, 1.165) is 24.3 Å². The Kier molecular flexibility index (Phi) is 24.6. The molecule has 34 nitrogen and oxygen atoms in total. The molecule has 0 spiro atoms. The van der Waals surface area contributed by atoms with E-state index < -0.39 is 69.5 Å². The Morgan fingerprint density at radius 2 is 1.07 bits per heavy atom. The highest BCUT2D eigenvalue weighted by Crippen LogP contribution is 2.35. The highest BCUT2D eigenvalue weighted by Gasteiger charge is 2.24. The zero-order valence-corrected chi connectivity index (χ0v) is 48.3. The van der Waals surface area contributed by atoms with Crippen molar-refractivity contribution in [3.8, 4) is 0 Å². The van der Waals surface area contributed by atoms with Crippen molar-refractivity contribution in [2.45, 2.75) is 81.0 Å². The molecule has 2 heterocycles. The molecule has 0 aliphatic heterocycles. The first-order valence-corrected chi connectivity index (χ1v) is 30.1. The molecule has 456 valence electrons. The van der Waals surface area contributed by atoms with E-state index in [2.05, 4.69) is 80.3 Å². The van der Waals surface area contributed by atoms with Gasteiger partial charge in [0.25, 0.3) is 30.4 Å². The molecule has 4 atom stereocenters. The Hall–Kier alpha value is -6.14. The lowest BCUT2D eigenvalue weighted by molar-refractivity contribution is -0.432. The molecular weight excluding hydrogens is 1240 g/mol. The second-order valence-electron chi connectivity index (χ2n) is 17.4. The van der Waals surface area contributed by atoms with E-state index in [9.17, 15) is 59.3 Å². The summed E-state index contributed by atoms with van der Waals surface area (Å²) >= 11 is 1.35. The van der Waals surface area contributed by atoms with Crippen molar-refractivity contribution >= 4 is 131 Å². The van der Waals surface area contributed by atoms with Crippen molar-refractivity contribution in [1.29, 1.82) is 0 Å². The maximum absolute atomic E-state index is 13.0. The van der Waals surface area contributed by atoms with Crippen LogP contribution < -0.4 is 31.5 Å². The van der Waals surface area contributed by atoms with Gasteiger partial charge in [0, 0.05) is 53.8 Å². The zero-order valence-electron chi connectivity index (χ0n) is 43.4. The predicted octanol–water partition coefficient (Wildman–Crippen LogP) is 4.67. The topological polar surface area (TPSA) is 501 Å². The first-order valence-electron chi connectivity index (χ1n) is 23.6. The van der Waals surface area contributed by atoms with E-state index in [4.69, 9.17) is 20.1 Å². The molecule has 4 aromatic carbocycles. The monoisotopic (exact) mass is 1290 g/mol. The van der Waals surface area contributed by atoms with Gasteiger partial charge in [0.1, 0.15) is 15.6 Å². The first kappa shape index (κ1) is 67.0. The second kappa shape index (κ2) is 30.8. The molecule has 0 bridgehead atoms. The number of aromatic nitrogens is 6. The number of rotatable bonds is 33. The van der Waals surface area contributed by atoms with Crippen molar-refractivity contribution in [3.63, 3.8) is 0 Å². The van der Waals surface area contributed by atoms with Crippen LogP contribution in [0, 0.1) is 0 Å². The number of hydrogen-bond acceptors (Lipinski definition) is 34. The van der Waals surface area contributed by atoms with Crippen molar-refractivity contribution in [2.75, 3.05) is 52.3 Å². The van der Waals surface area contributed by atoms with Crippen molar-refractivity contribution in [2.24, 2.45) is 0 Å². The summed E-state index contributed by atoms with van der Waals surface area (Å²) in [4.78, 5) is 26.0. The van der Waals surface area contributed by atoms with Gasteiger partial charge in [-0.3, -0.25) is 13.7 Å². The number of aliphatic hydroxyl groups is 4. The SMILES string of the molecule is CC(O)CNCC(O)Cc1nc(Nc2ccc(/C=C/c3ccc(Nc4nc(Nc5cc(S(=O)(=O)O)ccc5SOOO)nc(N(CC(C)O)CC(C)O)n4)cc3S(=O)(=O)O)c(SOOO)c2)nc(Nc2cc(SOOO)ccc2S(=O)(=O)O)n1. The number of nitrogens with zero attached hydrogens (tertiary/aromatic N) is 7. The zero-order chi connectivity index (χ0) is 61.4. The van der Waals surface area contributed by atoms with Crippen molar-refractivity contribution in [1.82, 2.24) is 35.2 Å². The largest absolute Gasteiger partial charge is 0.392 e. The number of anilines is 9. The molecule has 0 fully saturated rings. The van der Waals surface area contributed by atoms with Crippen LogP contribution in [0.2, 0.25) is 0 Å². The fourth-order valence-corrected chi connectivity index (χ4v) is 10.4. The van der Waals surface area contributed by atoms with Crippen LogP contribution in [0.25, 0.3) is 12.2 Å². The predicted molar refractivity (Wildman–Crippen MR) is 299 cm³/mol. The molecule has 6 aromatic rings. The molecule has 40 heteroatoms. The van der Waals surface area contributed by atoms with Gasteiger partial charge in [-0.05, 0) is 92.6 Å². The summed E-state index contributed by atoms with van der Waals surface area (Å²) in [5.41, 5.74) is -0.0564. The summed E-state index contributed by atoms with van der Waals surface area (Å²) in [5, 5.41) is 92.9. The van der Waals surface area contributed by atoms with Crippen molar-refractivity contribution in [3.05, 3.63) is 89.7 Å². The molecule has 6 rings (SSSR count). The minimum absolute atomic E-state index is 0.0139. The van der Waals surface area contributed by atoms with Gasteiger partial charge >= 0.3 is 0 Å². The third-order valence-corrected chi connectivity index (χ3v) is 15.1. The average molecular weight is 1290 g/mol. The van der Waals surface area contributed by atoms with E-state index in [0.29, 0.717) is 36.1 Å². The van der Waals surface area contributed by atoms with Gasteiger partial charge in [0.15, 0.2) is 0 Å². The molecule has 0 aliphatic carbocycles. The molecule has 0 amide bonds. The highest BCUT2D eigenvalue weighted by molar-refractivity contribution is 7.95. The molecule has 4 unspecified atom stereocenters. The molecule has 84 heavy (non-hydrogen) atoms. The number of nitrogens with one attached hydrogen (secondary N) is 5. The average Bonchev–Trinajstić information content (AvgIpc) is 3.37. The molecule has 2 aromatic heterocycles. The summed E-state index contributed by atoms with van der Waals surface area (Å²) < 4.78 is 119. The van der Waals surface area contributed by atoms with Crippen molar-refractivity contribution < 1.29 is 103 Å². The Morgan fingerprint density at radius 3 is 1.65 bits per heavy atom. The number of aliphatic hydroxyl groups excluding tert-OH is 4. The van der Waals surface area contributed by atoms with Gasteiger partial charge < -0.3 is 51.9 Å². The van der Waals surface area contributed by atoms with Crippen LogP contribution in [0.5, 0.6) is 0 Å². The third-order valence-electron chi connectivity index (χ3n) is 10.5. The number of hydrogen-bond donors (Lipinski definition) is 15. The standard InChI is InChI=1S/C44H52N12O22S6/c1-23(57)19-45-20-30(60)16-39-50-40(52-42(51-39)49-34-17-31(79-76-73-61)10-13-37(34)83(67,68)69)46-28-8-6-26(36(14-28)81-78-75-63)4-5-27-7-9-29(15-38(27)84(70,71)72)47-41-53-43(55-44(54-41)56(21-24(2)58)22-25(3)59)48-33-18-32(82(64,65)66)11-12-35(33)80-77-74-62/h4-15,17-18,23-25,30,45,57-63H,16,19-22H2,1-3H3,(H,64,65,66)(H,67,68,69)(H,70,71,72)(H2,46,49,50,51,52)(H2,47,48,53,54,55)/b5-4+. The van der Waals surface area contributed by atoms with E-state index in [1.165, 1.54) is 86.4 Å². The summed E-state index contributed by atoms with van der Waals surface area (Å²) in [6, 6.07) is 14.7. The maximum Gasteiger partial charge on any atom is 0.296 e. The fourth-order valence-electron chi connectivity index (χ4n) is 7.21. The summed E-state index contributed by atoms with van der Waals surface area (Å²) in [5.74, 6) is -1.41. The Labute approximate surface area is 490 Å². The van der Waals surface area contributed by atoms with Crippen LogP contribution >= 0.6 is 36.1 Å². The Morgan fingerprint density at radius 1 is 0.536 bits per heavy atom. The third kappa shape index (κ3) is 20.8. The normalized spacial score (nSPS) is 13.6. The maximum atomic E-state index is 13.0. The summed E-state index contributed by atoms with van der Waals surface area (Å²) in [7, 11) is -14.7. The van der Waals surface area contributed by atoms with E-state index >= 15 is 0 Å². The van der Waals surface area contributed by atoms with Crippen LogP contribution in [-0.2, 0) is 64.9 Å². The van der Waals surface area contributed by atoms with E-state index in [1.54, 1.807) is 0 Å². The minimum Gasteiger partial charge on any atom is -0.392 e. The molecule has 0 radical (unpaired) electrons. The fraction of sp³-hybridized carbons (Fsp3) is 0.273.